The second-order valence-electron chi connectivity index (χ2n) is 6.47. The highest BCUT2D eigenvalue weighted by Crippen LogP contribution is 2.20. The Morgan fingerprint density at radius 1 is 1.08 bits per heavy atom. The van der Waals surface area contributed by atoms with Gasteiger partial charge in [-0.05, 0) is 61.7 Å². The molecular weight excluding hydrogens is 350 g/mol. The largest absolute Gasteiger partial charge is 0.338 e. The topological polar surface area (TPSA) is 70.6 Å². The first-order valence-electron chi connectivity index (χ1n) is 8.33. The maximum atomic E-state index is 12.7. The summed E-state index contributed by atoms with van der Waals surface area (Å²) >= 11 is 0. The molecule has 0 N–H and O–H groups in total. The number of hydrogen-bond acceptors (Lipinski definition) is 4. The van der Waals surface area contributed by atoms with Crippen LogP contribution in [0.5, 0.6) is 0 Å². The van der Waals surface area contributed by atoms with Crippen molar-refractivity contribution in [1.82, 2.24) is 14.2 Å². The molecule has 2 rings (SSSR count). The van der Waals surface area contributed by atoms with E-state index >= 15 is 0 Å². The molecule has 1 aromatic heterocycles. The summed E-state index contributed by atoms with van der Waals surface area (Å²) in [5.74, 6) is -0.274. The molecule has 0 saturated carbocycles. The Kier molecular flexibility index (Phi) is 6.15. The van der Waals surface area contributed by atoms with Crippen LogP contribution in [0.1, 0.15) is 29.7 Å². The zero-order valence-corrected chi connectivity index (χ0v) is 16.6. The van der Waals surface area contributed by atoms with Crippen molar-refractivity contribution < 1.29 is 13.2 Å². The Morgan fingerprint density at radius 3 is 2.27 bits per heavy atom. The van der Waals surface area contributed by atoms with E-state index < -0.39 is 10.0 Å². The lowest BCUT2D eigenvalue weighted by molar-refractivity contribution is -0.131. The van der Waals surface area contributed by atoms with Crippen molar-refractivity contribution in [2.24, 2.45) is 0 Å². The third-order valence-corrected chi connectivity index (χ3v) is 6.51. The fourth-order valence-electron chi connectivity index (χ4n) is 2.52. The monoisotopic (exact) mass is 375 g/mol. The summed E-state index contributed by atoms with van der Waals surface area (Å²) in [6.07, 6.45) is 3.33. The highest BCUT2D eigenvalue weighted by atomic mass is 32.2. The first kappa shape index (κ1) is 20.1. The minimum absolute atomic E-state index is 0.178. The van der Waals surface area contributed by atoms with E-state index in [1.165, 1.54) is 7.05 Å². The standard InChI is InChI=1S/C19H25N3O3S/c1-14-6-7-18(12-15(14)2)26(24,25)21(4)13-19(23)22(5)16(3)17-8-10-20-11-9-17/h6-12,16H,13H2,1-5H3. The Hall–Kier alpha value is -2.25. The van der Waals surface area contributed by atoms with E-state index in [9.17, 15) is 13.2 Å². The van der Waals surface area contributed by atoms with E-state index in [0.29, 0.717) is 0 Å². The van der Waals surface area contributed by atoms with Crippen LogP contribution in [0.15, 0.2) is 47.6 Å². The van der Waals surface area contributed by atoms with Crippen molar-refractivity contribution in [2.75, 3.05) is 20.6 Å². The number of aryl methyl sites for hydroxylation is 2. The molecule has 0 saturated heterocycles. The van der Waals surface area contributed by atoms with Crippen LogP contribution in [0.25, 0.3) is 0 Å². The fraction of sp³-hybridized carbons (Fsp3) is 0.368. The molecule has 1 atom stereocenters. The first-order chi connectivity index (χ1) is 12.1. The van der Waals surface area contributed by atoms with Crippen molar-refractivity contribution in [3.05, 3.63) is 59.4 Å². The molecule has 140 valence electrons. The third kappa shape index (κ3) is 4.28. The number of rotatable bonds is 6. The Morgan fingerprint density at radius 2 is 1.69 bits per heavy atom. The minimum Gasteiger partial charge on any atom is -0.338 e. The predicted molar refractivity (Wildman–Crippen MR) is 101 cm³/mol. The van der Waals surface area contributed by atoms with Gasteiger partial charge in [0.25, 0.3) is 0 Å². The molecule has 1 unspecified atom stereocenters. The molecule has 6 nitrogen and oxygen atoms in total. The summed E-state index contributed by atoms with van der Waals surface area (Å²) in [7, 11) is -0.627. The lowest BCUT2D eigenvalue weighted by Gasteiger charge is -2.27. The lowest BCUT2D eigenvalue weighted by Crippen LogP contribution is -2.40. The lowest BCUT2D eigenvalue weighted by atomic mass is 10.1. The summed E-state index contributed by atoms with van der Waals surface area (Å²) in [5.41, 5.74) is 2.86. The number of hydrogen-bond donors (Lipinski definition) is 0. The number of nitrogens with zero attached hydrogens (tertiary/aromatic N) is 3. The van der Waals surface area contributed by atoms with E-state index in [1.54, 1.807) is 42.5 Å². The van der Waals surface area contributed by atoms with Crippen molar-refractivity contribution in [3.63, 3.8) is 0 Å². The van der Waals surface area contributed by atoms with Gasteiger partial charge in [-0.15, -0.1) is 0 Å². The summed E-state index contributed by atoms with van der Waals surface area (Å²) in [5, 5.41) is 0. The third-order valence-electron chi connectivity index (χ3n) is 4.71. The SMILES string of the molecule is Cc1ccc(S(=O)(=O)N(C)CC(=O)N(C)C(C)c2ccncc2)cc1C. The predicted octanol–water partition coefficient (Wildman–Crippen LogP) is 2.54. The fourth-order valence-corrected chi connectivity index (χ4v) is 3.73. The number of likely N-dealkylation sites (N-methyl/N-ethyl adjacent to an activating group) is 2. The van der Waals surface area contributed by atoms with Crippen LogP contribution < -0.4 is 0 Å². The van der Waals surface area contributed by atoms with Gasteiger partial charge < -0.3 is 4.90 Å². The summed E-state index contributed by atoms with van der Waals surface area (Å²) in [6, 6.07) is 8.48. The van der Waals surface area contributed by atoms with Gasteiger partial charge in [0.15, 0.2) is 0 Å². The number of benzene rings is 1. The Balaban J connectivity index is 2.13. The van der Waals surface area contributed by atoms with Gasteiger partial charge >= 0.3 is 0 Å². The van der Waals surface area contributed by atoms with E-state index in [1.807, 2.05) is 32.9 Å². The smallest absolute Gasteiger partial charge is 0.243 e. The second-order valence-corrected chi connectivity index (χ2v) is 8.51. The van der Waals surface area contributed by atoms with E-state index in [-0.39, 0.29) is 23.4 Å². The molecule has 2 aromatic rings. The molecule has 1 aromatic carbocycles. The van der Waals surface area contributed by atoms with Crippen LogP contribution in [0, 0.1) is 13.8 Å². The quantitative estimate of drug-likeness (QED) is 0.778. The maximum Gasteiger partial charge on any atom is 0.243 e. The summed E-state index contributed by atoms with van der Waals surface area (Å²) < 4.78 is 26.6. The molecule has 0 radical (unpaired) electrons. The van der Waals surface area contributed by atoms with Gasteiger partial charge in [-0.25, -0.2) is 8.42 Å². The molecule has 0 spiro atoms. The summed E-state index contributed by atoms with van der Waals surface area (Å²) in [4.78, 5) is 18.3. The number of amides is 1. The zero-order chi connectivity index (χ0) is 19.5. The molecule has 0 aliphatic carbocycles. The van der Waals surface area contributed by atoms with Crippen LogP contribution in [-0.4, -0.2) is 49.2 Å². The molecule has 1 heterocycles. The Labute approximate surface area is 155 Å². The van der Waals surface area contributed by atoms with Crippen LogP contribution in [0.2, 0.25) is 0 Å². The molecular formula is C19H25N3O3S. The highest BCUT2D eigenvalue weighted by molar-refractivity contribution is 7.89. The van der Waals surface area contributed by atoms with Crippen LogP contribution >= 0.6 is 0 Å². The number of carbonyl (C=O) groups excluding carboxylic acids is 1. The number of pyridine rings is 1. The number of carbonyl (C=O) groups is 1. The minimum atomic E-state index is -3.72. The summed E-state index contributed by atoms with van der Waals surface area (Å²) in [6.45, 7) is 5.46. The van der Waals surface area contributed by atoms with E-state index in [2.05, 4.69) is 4.98 Å². The van der Waals surface area contributed by atoms with Gasteiger partial charge in [0.1, 0.15) is 0 Å². The van der Waals surface area contributed by atoms with Gasteiger partial charge in [-0.3, -0.25) is 9.78 Å². The van der Waals surface area contributed by atoms with E-state index in [0.717, 1.165) is 21.0 Å². The average Bonchev–Trinajstić information content (AvgIpc) is 2.63. The van der Waals surface area contributed by atoms with Gasteiger partial charge in [0, 0.05) is 26.5 Å². The maximum absolute atomic E-state index is 12.7. The molecule has 1 amide bonds. The van der Waals surface area contributed by atoms with Crippen LogP contribution in [0.3, 0.4) is 0 Å². The van der Waals surface area contributed by atoms with Crippen LogP contribution in [-0.2, 0) is 14.8 Å². The molecule has 0 fully saturated rings. The van der Waals surface area contributed by atoms with Crippen LogP contribution in [0.4, 0.5) is 0 Å². The van der Waals surface area contributed by atoms with Gasteiger partial charge in [-0.1, -0.05) is 6.07 Å². The van der Waals surface area contributed by atoms with Gasteiger partial charge in [0.05, 0.1) is 17.5 Å². The van der Waals surface area contributed by atoms with Gasteiger partial charge in [0.2, 0.25) is 15.9 Å². The van der Waals surface area contributed by atoms with Crippen molar-refractivity contribution >= 4 is 15.9 Å². The molecule has 0 bridgehead atoms. The number of aromatic nitrogens is 1. The highest BCUT2D eigenvalue weighted by Gasteiger charge is 2.26. The molecule has 0 aliphatic rings. The average molecular weight is 375 g/mol. The van der Waals surface area contributed by atoms with Crippen molar-refractivity contribution in [2.45, 2.75) is 31.7 Å². The molecule has 0 aliphatic heterocycles. The second kappa shape index (κ2) is 7.97. The van der Waals surface area contributed by atoms with Crippen molar-refractivity contribution in [1.29, 1.82) is 0 Å². The van der Waals surface area contributed by atoms with Gasteiger partial charge in [-0.2, -0.15) is 4.31 Å². The number of sulfonamides is 1. The Bertz CT molecular complexity index is 882. The molecule has 26 heavy (non-hydrogen) atoms. The molecule has 7 heteroatoms. The van der Waals surface area contributed by atoms with Crippen molar-refractivity contribution in [3.8, 4) is 0 Å². The van der Waals surface area contributed by atoms with E-state index in [4.69, 9.17) is 0 Å². The first-order valence-corrected chi connectivity index (χ1v) is 9.77. The zero-order valence-electron chi connectivity index (χ0n) is 15.8. The normalized spacial score (nSPS) is 12.8.